The van der Waals surface area contributed by atoms with Crippen molar-refractivity contribution in [3.63, 3.8) is 0 Å². The van der Waals surface area contributed by atoms with Gasteiger partial charge in [0.2, 0.25) is 0 Å². The first-order valence-electron chi connectivity index (χ1n) is 20.4. The number of fused-ring (bicyclic) bond motifs is 8. The first-order valence-corrected chi connectivity index (χ1v) is 20.4. The van der Waals surface area contributed by atoms with E-state index in [2.05, 4.69) is 212 Å². The lowest BCUT2D eigenvalue weighted by Crippen LogP contribution is -2.01. The predicted molar refractivity (Wildman–Crippen MR) is 252 cm³/mol. The Balaban J connectivity index is 0.985. The van der Waals surface area contributed by atoms with Gasteiger partial charge in [0.15, 0.2) is 17.5 Å². The summed E-state index contributed by atoms with van der Waals surface area (Å²) in [5, 5.41) is 14.4. The van der Waals surface area contributed by atoms with E-state index >= 15 is 0 Å². The number of hydrogen-bond donors (Lipinski definition) is 0. The molecule has 0 aliphatic heterocycles. The Kier molecular flexibility index (Phi) is 7.85. The summed E-state index contributed by atoms with van der Waals surface area (Å²) >= 11 is 0. The molecule has 0 spiro atoms. The molecule has 0 bridgehead atoms. The molecule has 3 nitrogen and oxygen atoms in total. The highest BCUT2D eigenvalue weighted by molar-refractivity contribution is 6.12. The summed E-state index contributed by atoms with van der Waals surface area (Å²) < 4.78 is 0. The van der Waals surface area contributed by atoms with Crippen molar-refractivity contribution in [3.8, 4) is 56.4 Å². The highest BCUT2D eigenvalue weighted by Gasteiger charge is 2.17. The molecule has 0 N–H and O–H groups in total. The molecule has 11 aromatic carbocycles. The van der Waals surface area contributed by atoms with Gasteiger partial charge in [-0.3, -0.25) is 0 Å². The molecule has 0 fully saturated rings. The maximum absolute atomic E-state index is 5.26. The lowest BCUT2D eigenvalue weighted by atomic mass is 9.96. The van der Waals surface area contributed by atoms with Crippen LogP contribution in [0.15, 0.2) is 212 Å². The molecular formula is C57H35N3. The van der Waals surface area contributed by atoms with Gasteiger partial charge in [-0.05, 0) is 117 Å². The predicted octanol–water partition coefficient (Wildman–Crippen LogP) is 15.1. The number of aromatic nitrogens is 3. The van der Waals surface area contributed by atoms with Gasteiger partial charge in [0.1, 0.15) is 0 Å². The molecule has 0 aliphatic carbocycles. The molecule has 0 atom stereocenters. The summed E-state index contributed by atoms with van der Waals surface area (Å²) in [5.74, 6) is 1.92. The largest absolute Gasteiger partial charge is 0.208 e. The minimum atomic E-state index is 0.633. The van der Waals surface area contributed by atoms with Crippen LogP contribution in [-0.2, 0) is 0 Å². The van der Waals surface area contributed by atoms with Crippen molar-refractivity contribution in [2.75, 3.05) is 0 Å². The highest BCUT2D eigenvalue weighted by atomic mass is 15.0. The molecular weight excluding hydrogens is 727 g/mol. The number of benzene rings is 11. The molecule has 60 heavy (non-hydrogen) atoms. The van der Waals surface area contributed by atoms with Gasteiger partial charge in [-0.2, -0.15) is 0 Å². The maximum atomic E-state index is 5.26. The van der Waals surface area contributed by atoms with Crippen LogP contribution in [0.3, 0.4) is 0 Å². The molecule has 3 heteroatoms. The van der Waals surface area contributed by atoms with Crippen LogP contribution in [0.25, 0.3) is 121 Å². The third-order valence-electron chi connectivity index (χ3n) is 12.0. The summed E-state index contributed by atoms with van der Waals surface area (Å²) in [5.41, 5.74) is 7.53. The standard InChI is InChI=1S/C57H35N3/c1-2-12-40-31-43(23-19-36(40)9-1)45-27-26-44-32-42(24-25-46(44)33-45)41-13-7-14-47(34-41)55-58-56(48-28-22-39-21-20-37-10-4-6-16-50(37)54(39)35-48)60-57(59-55)53-18-8-17-51-49-15-5-3-11-38(49)29-30-52(51)53/h1-35H. The minimum Gasteiger partial charge on any atom is -0.208 e. The van der Waals surface area contributed by atoms with Crippen molar-refractivity contribution in [2.45, 2.75) is 0 Å². The summed E-state index contributed by atoms with van der Waals surface area (Å²) in [6, 6.07) is 76.1. The smallest absolute Gasteiger partial charge is 0.164 e. The Morgan fingerprint density at radius 3 is 1.32 bits per heavy atom. The van der Waals surface area contributed by atoms with Crippen LogP contribution < -0.4 is 0 Å². The number of hydrogen-bond acceptors (Lipinski definition) is 3. The Morgan fingerprint density at radius 1 is 0.200 bits per heavy atom. The van der Waals surface area contributed by atoms with Crippen molar-refractivity contribution in [2.24, 2.45) is 0 Å². The lowest BCUT2D eigenvalue weighted by Gasteiger charge is -2.13. The van der Waals surface area contributed by atoms with E-state index in [-0.39, 0.29) is 0 Å². The topological polar surface area (TPSA) is 38.7 Å². The van der Waals surface area contributed by atoms with Gasteiger partial charge in [-0.1, -0.05) is 182 Å². The van der Waals surface area contributed by atoms with Crippen molar-refractivity contribution >= 4 is 64.6 Å². The third-order valence-corrected chi connectivity index (χ3v) is 12.0. The van der Waals surface area contributed by atoms with E-state index in [9.17, 15) is 0 Å². The van der Waals surface area contributed by atoms with Crippen molar-refractivity contribution in [3.05, 3.63) is 212 Å². The second-order valence-electron chi connectivity index (χ2n) is 15.6. The molecule has 278 valence electrons. The van der Waals surface area contributed by atoms with Crippen molar-refractivity contribution < 1.29 is 0 Å². The molecule has 0 radical (unpaired) electrons. The van der Waals surface area contributed by atoms with E-state index in [1.54, 1.807) is 0 Å². The Bertz CT molecular complexity index is 3680. The summed E-state index contributed by atoms with van der Waals surface area (Å²) in [6.45, 7) is 0. The zero-order valence-corrected chi connectivity index (χ0v) is 32.5. The van der Waals surface area contributed by atoms with Crippen molar-refractivity contribution in [1.29, 1.82) is 0 Å². The van der Waals surface area contributed by atoms with E-state index in [1.807, 2.05) is 0 Å². The van der Waals surface area contributed by atoms with Gasteiger partial charge in [0.05, 0.1) is 0 Å². The van der Waals surface area contributed by atoms with E-state index in [0.717, 1.165) is 33.2 Å². The van der Waals surface area contributed by atoms with Crippen LogP contribution in [0.5, 0.6) is 0 Å². The van der Waals surface area contributed by atoms with Gasteiger partial charge in [-0.15, -0.1) is 0 Å². The second-order valence-corrected chi connectivity index (χ2v) is 15.6. The Morgan fingerprint density at radius 2 is 0.617 bits per heavy atom. The van der Waals surface area contributed by atoms with Crippen LogP contribution in [0.4, 0.5) is 0 Å². The van der Waals surface area contributed by atoms with Crippen LogP contribution >= 0.6 is 0 Å². The van der Waals surface area contributed by atoms with Gasteiger partial charge in [0.25, 0.3) is 0 Å². The fourth-order valence-electron chi connectivity index (χ4n) is 8.94. The van der Waals surface area contributed by atoms with E-state index in [0.29, 0.717) is 17.5 Å². The normalized spacial score (nSPS) is 11.7. The molecule has 12 rings (SSSR count). The van der Waals surface area contributed by atoms with Crippen LogP contribution in [0.1, 0.15) is 0 Å². The fourth-order valence-corrected chi connectivity index (χ4v) is 8.94. The van der Waals surface area contributed by atoms with Crippen LogP contribution in [0, 0.1) is 0 Å². The van der Waals surface area contributed by atoms with Crippen LogP contribution in [-0.4, -0.2) is 15.0 Å². The third kappa shape index (κ3) is 5.87. The first kappa shape index (κ1) is 34.1. The molecule has 12 aromatic rings. The Labute approximate surface area is 346 Å². The van der Waals surface area contributed by atoms with Crippen LogP contribution in [0.2, 0.25) is 0 Å². The van der Waals surface area contributed by atoms with E-state index in [4.69, 9.17) is 15.0 Å². The molecule has 0 amide bonds. The quantitative estimate of drug-likeness (QED) is 0.164. The molecule has 0 aliphatic rings. The highest BCUT2D eigenvalue weighted by Crippen LogP contribution is 2.36. The molecule has 0 saturated carbocycles. The number of nitrogens with zero attached hydrogens (tertiary/aromatic N) is 3. The monoisotopic (exact) mass is 761 g/mol. The molecule has 0 saturated heterocycles. The van der Waals surface area contributed by atoms with E-state index < -0.39 is 0 Å². The van der Waals surface area contributed by atoms with Gasteiger partial charge < -0.3 is 0 Å². The first-order chi connectivity index (χ1) is 29.7. The van der Waals surface area contributed by atoms with Crippen molar-refractivity contribution in [1.82, 2.24) is 15.0 Å². The van der Waals surface area contributed by atoms with Gasteiger partial charge in [-0.25, -0.2) is 15.0 Å². The van der Waals surface area contributed by atoms with E-state index in [1.165, 1.54) is 70.4 Å². The number of rotatable bonds is 5. The SMILES string of the molecule is c1cc(-c2ccc3cc(-c4ccc5ccccc5c4)ccc3c2)cc(-c2nc(-c3ccc4ccc5ccccc5c4c3)nc(-c3cccc4c3ccc3ccccc34)n2)c1. The lowest BCUT2D eigenvalue weighted by molar-refractivity contribution is 1.08. The summed E-state index contributed by atoms with van der Waals surface area (Å²) in [4.78, 5) is 15.8. The van der Waals surface area contributed by atoms with Gasteiger partial charge >= 0.3 is 0 Å². The minimum absolute atomic E-state index is 0.633. The summed E-state index contributed by atoms with van der Waals surface area (Å²) in [7, 11) is 0. The molecule has 1 heterocycles. The average Bonchev–Trinajstić information content (AvgIpc) is 3.33. The molecule has 1 aromatic heterocycles. The van der Waals surface area contributed by atoms with Gasteiger partial charge in [0, 0.05) is 16.7 Å². The summed E-state index contributed by atoms with van der Waals surface area (Å²) in [6.07, 6.45) is 0. The Hall–Kier alpha value is -8.01. The average molecular weight is 762 g/mol. The molecule has 0 unspecified atom stereocenters. The maximum Gasteiger partial charge on any atom is 0.164 e. The zero-order chi connectivity index (χ0) is 39.6. The zero-order valence-electron chi connectivity index (χ0n) is 32.5. The second kappa shape index (κ2) is 13.8. The fraction of sp³-hybridized carbons (Fsp3) is 0.